The summed E-state index contributed by atoms with van der Waals surface area (Å²) in [5, 5.41) is 15.3. The molecule has 0 atom stereocenters. The molecule has 1 saturated heterocycles. The average Bonchev–Trinajstić information content (AvgIpc) is 2.90. The molecule has 6 nitrogen and oxygen atoms in total. The SMILES string of the molecule is CC(C)(O)CCc1cccc(C(=O)NCCN2CCNC2=O)c1. The molecule has 0 aliphatic carbocycles. The Bertz CT molecular complexity index is 566. The van der Waals surface area contributed by atoms with Gasteiger partial charge in [0.05, 0.1) is 5.60 Å². The zero-order valence-electron chi connectivity index (χ0n) is 13.8. The van der Waals surface area contributed by atoms with E-state index in [1.807, 2.05) is 18.2 Å². The minimum atomic E-state index is -0.714. The highest BCUT2D eigenvalue weighted by atomic mass is 16.3. The topological polar surface area (TPSA) is 81.7 Å². The van der Waals surface area contributed by atoms with Gasteiger partial charge in [0.1, 0.15) is 0 Å². The maximum absolute atomic E-state index is 12.2. The van der Waals surface area contributed by atoms with E-state index in [2.05, 4.69) is 10.6 Å². The van der Waals surface area contributed by atoms with Crippen LogP contribution in [0.5, 0.6) is 0 Å². The molecule has 0 aromatic heterocycles. The van der Waals surface area contributed by atoms with Crippen LogP contribution in [0.4, 0.5) is 4.79 Å². The fourth-order valence-electron chi connectivity index (χ4n) is 2.45. The van der Waals surface area contributed by atoms with E-state index >= 15 is 0 Å². The number of hydrogen-bond donors (Lipinski definition) is 3. The van der Waals surface area contributed by atoms with Crippen LogP contribution in [-0.4, -0.2) is 53.7 Å². The van der Waals surface area contributed by atoms with Crippen LogP contribution in [0.2, 0.25) is 0 Å². The van der Waals surface area contributed by atoms with Gasteiger partial charge in [0.2, 0.25) is 0 Å². The number of aliphatic hydroxyl groups is 1. The Kier molecular flexibility index (Phi) is 5.60. The molecule has 0 bridgehead atoms. The van der Waals surface area contributed by atoms with Crippen molar-refractivity contribution in [3.8, 4) is 0 Å². The summed E-state index contributed by atoms with van der Waals surface area (Å²) in [7, 11) is 0. The Morgan fingerprint density at radius 3 is 2.87 bits per heavy atom. The Labute approximate surface area is 136 Å². The quantitative estimate of drug-likeness (QED) is 0.705. The van der Waals surface area contributed by atoms with Crippen molar-refractivity contribution in [2.45, 2.75) is 32.3 Å². The summed E-state index contributed by atoms with van der Waals surface area (Å²) in [5.74, 6) is -0.144. The van der Waals surface area contributed by atoms with E-state index in [-0.39, 0.29) is 11.9 Å². The standard InChI is InChI=1S/C17H25N3O3/c1-17(2,23)7-6-13-4-3-5-14(12-13)15(21)18-8-10-20-11-9-19-16(20)22/h3-5,12,23H,6-11H2,1-2H3,(H,18,21)(H,19,22). The summed E-state index contributed by atoms with van der Waals surface area (Å²) in [5.41, 5.74) is 0.914. The van der Waals surface area contributed by atoms with E-state index in [1.165, 1.54) is 0 Å². The van der Waals surface area contributed by atoms with Crippen LogP contribution in [0.25, 0.3) is 0 Å². The van der Waals surface area contributed by atoms with E-state index in [9.17, 15) is 14.7 Å². The van der Waals surface area contributed by atoms with Gasteiger partial charge in [-0.3, -0.25) is 4.79 Å². The van der Waals surface area contributed by atoms with Crippen LogP contribution in [0.3, 0.4) is 0 Å². The predicted octanol–water partition coefficient (Wildman–Crippen LogP) is 1.15. The molecule has 1 aromatic carbocycles. The Morgan fingerprint density at radius 1 is 1.43 bits per heavy atom. The van der Waals surface area contributed by atoms with Crippen LogP contribution < -0.4 is 10.6 Å². The maximum Gasteiger partial charge on any atom is 0.317 e. The van der Waals surface area contributed by atoms with Gasteiger partial charge in [-0.25, -0.2) is 4.79 Å². The number of hydrogen-bond acceptors (Lipinski definition) is 3. The van der Waals surface area contributed by atoms with Crippen LogP contribution >= 0.6 is 0 Å². The summed E-state index contributed by atoms with van der Waals surface area (Å²) in [6.07, 6.45) is 1.36. The third kappa shape index (κ3) is 5.56. The first-order chi connectivity index (χ1) is 10.8. The van der Waals surface area contributed by atoms with Crippen molar-refractivity contribution in [3.63, 3.8) is 0 Å². The first-order valence-corrected chi connectivity index (χ1v) is 7.97. The molecular weight excluding hydrogens is 294 g/mol. The van der Waals surface area contributed by atoms with Crippen molar-refractivity contribution in [2.24, 2.45) is 0 Å². The van der Waals surface area contributed by atoms with Gasteiger partial charge in [-0.1, -0.05) is 12.1 Å². The molecule has 3 amide bonds. The minimum Gasteiger partial charge on any atom is -0.390 e. The molecule has 23 heavy (non-hydrogen) atoms. The zero-order valence-corrected chi connectivity index (χ0v) is 13.8. The summed E-state index contributed by atoms with van der Waals surface area (Å²) in [6, 6.07) is 7.35. The van der Waals surface area contributed by atoms with Gasteiger partial charge in [0.25, 0.3) is 5.91 Å². The molecule has 1 aliphatic rings. The predicted molar refractivity (Wildman–Crippen MR) is 88.4 cm³/mol. The van der Waals surface area contributed by atoms with Gasteiger partial charge in [-0.2, -0.15) is 0 Å². The van der Waals surface area contributed by atoms with Crippen molar-refractivity contribution in [1.82, 2.24) is 15.5 Å². The lowest BCUT2D eigenvalue weighted by Crippen LogP contribution is -2.36. The maximum atomic E-state index is 12.2. The number of rotatable bonds is 7. The number of carbonyl (C=O) groups is 2. The van der Waals surface area contributed by atoms with Crippen molar-refractivity contribution in [1.29, 1.82) is 0 Å². The Morgan fingerprint density at radius 2 is 2.22 bits per heavy atom. The van der Waals surface area contributed by atoms with E-state index in [4.69, 9.17) is 0 Å². The first kappa shape index (κ1) is 17.3. The number of nitrogens with one attached hydrogen (secondary N) is 2. The van der Waals surface area contributed by atoms with Gasteiger partial charge in [0.15, 0.2) is 0 Å². The molecule has 1 heterocycles. The second kappa shape index (κ2) is 7.46. The monoisotopic (exact) mass is 319 g/mol. The van der Waals surface area contributed by atoms with Crippen LogP contribution in [0.1, 0.15) is 36.2 Å². The minimum absolute atomic E-state index is 0.0761. The van der Waals surface area contributed by atoms with Crippen molar-refractivity contribution < 1.29 is 14.7 Å². The van der Waals surface area contributed by atoms with E-state index in [0.717, 1.165) is 12.0 Å². The van der Waals surface area contributed by atoms with E-state index in [1.54, 1.807) is 24.8 Å². The number of amides is 3. The van der Waals surface area contributed by atoms with Crippen LogP contribution in [0.15, 0.2) is 24.3 Å². The van der Waals surface area contributed by atoms with Gasteiger partial charge in [0, 0.05) is 31.7 Å². The highest BCUT2D eigenvalue weighted by molar-refractivity contribution is 5.94. The number of aryl methyl sites for hydroxylation is 1. The van der Waals surface area contributed by atoms with Gasteiger partial charge < -0.3 is 20.6 Å². The fraction of sp³-hybridized carbons (Fsp3) is 0.529. The molecule has 1 aliphatic heterocycles. The van der Waals surface area contributed by atoms with Crippen molar-refractivity contribution in [3.05, 3.63) is 35.4 Å². The number of nitrogens with zero attached hydrogens (tertiary/aromatic N) is 1. The largest absolute Gasteiger partial charge is 0.390 e. The molecular formula is C17H25N3O3. The third-order valence-corrected chi connectivity index (χ3v) is 3.83. The Hall–Kier alpha value is -2.08. The van der Waals surface area contributed by atoms with Crippen molar-refractivity contribution >= 4 is 11.9 Å². The van der Waals surface area contributed by atoms with E-state index in [0.29, 0.717) is 38.2 Å². The number of carbonyl (C=O) groups excluding carboxylic acids is 2. The summed E-state index contributed by atoms with van der Waals surface area (Å²) >= 11 is 0. The highest BCUT2D eigenvalue weighted by Crippen LogP contribution is 2.14. The molecule has 0 saturated carbocycles. The van der Waals surface area contributed by atoms with Crippen LogP contribution in [0, 0.1) is 0 Å². The lowest BCUT2D eigenvalue weighted by molar-refractivity contribution is 0.0714. The average molecular weight is 319 g/mol. The molecule has 2 rings (SSSR count). The third-order valence-electron chi connectivity index (χ3n) is 3.83. The van der Waals surface area contributed by atoms with Crippen LogP contribution in [-0.2, 0) is 6.42 Å². The normalized spacial score (nSPS) is 14.7. The molecule has 0 unspecified atom stereocenters. The lowest BCUT2D eigenvalue weighted by atomic mass is 9.98. The van der Waals surface area contributed by atoms with Gasteiger partial charge in [-0.05, 0) is 44.4 Å². The highest BCUT2D eigenvalue weighted by Gasteiger charge is 2.19. The summed E-state index contributed by atoms with van der Waals surface area (Å²) in [6.45, 7) is 5.84. The number of urea groups is 1. The smallest absolute Gasteiger partial charge is 0.317 e. The molecule has 0 radical (unpaired) electrons. The second-order valence-electron chi connectivity index (χ2n) is 6.49. The molecule has 0 spiro atoms. The molecule has 6 heteroatoms. The van der Waals surface area contributed by atoms with Crippen molar-refractivity contribution in [2.75, 3.05) is 26.2 Å². The van der Waals surface area contributed by atoms with Gasteiger partial charge >= 0.3 is 6.03 Å². The fourth-order valence-corrected chi connectivity index (χ4v) is 2.45. The molecule has 126 valence electrons. The number of benzene rings is 1. The lowest BCUT2D eigenvalue weighted by Gasteiger charge is -2.17. The summed E-state index contributed by atoms with van der Waals surface area (Å²) < 4.78 is 0. The zero-order chi connectivity index (χ0) is 16.9. The summed E-state index contributed by atoms with van der Waals surface area (Å²) in [4.78, 5) is 25.3. The molecule has 1 fully saturated rings. The first-order valence-electron chi connectivity index (χ1n) is 7.97. The molecule has 3 N–H and O–H groups in total. The van der Waals surface area contributed by atoms with E-state index < -0.39 is 5.60 Å². The Balaban J connectivity index is 1.83. The molecule has 1 aromatic rings. The second-order valence-corrected chi connectivity index (χ2v) is 6.49. The van der Waals surface area contributed by atoms with Gasteiger partial charge in [-0.15, -0.1) is 0 Å².